The predicted molar refractivity (Wildman–Crippen MR) is 88.8 cm³/mol. The third kappa shape index (κ3) is 5.31. The van der Waals surface area contributed by atoms with Crippen molar-refractivity contribution in [3.05, 3.63) is 64.3 Å². The normalized spacial score (nSPS) is 11.2. The predicted octanol–water partition coefficient (Wildman–Crippen LogP) is 1.47. The number of anilines is 1. The number of carbonyl (C=O) groups excluding carboxylic acids is 1. The molecule has 1 heterocycles. The molecule has 0 saturated carbocycles. The molecule has 0 aliphatic heterocycles. The van der Waals surface area contributed by atoms with Gasteiger partial charge in [0, 0.05) is 31.4 Å². The van der Waals surface area contributed by atoms with Crippen LogP contribution >= 0.6 is 0 Å². The first-order chi connectivity index (χ1) is 11.2. The molecule has 0 aliphatic rings. The molecule has 0 unspecified atom stereocenters. The summed E-state index contributed by atoms with van der Waals surface area (Å²) in [5.74, 6) is -1.54. The summed E-state index contributed by atoms with van der Waals surface area (Å²) in [6.07, 6.45) is 1.28. The molecule has 1 aromatic carbocycles. The molecule has 6 nitrogen and oxygen atoms in total. The van der Waals surface area contributed by atoms with Gasteiger partial charge < -0.3 is 9.88 Å². The Labute approximate surface area is 138 Å². The number of amides is 1. The quantitative estimate of drug-likeness (QED) is 0.853. The zero-order valence-electron chi connectivity index (χ0n) is 13.0. The number of aromatic nitrogens is 1. The van der Waals surface area contributed by atoms with Crippen molar-refractivity contribution in [2.24, 2.45) is 7.05 Å². The number of hydrogen-bond donors (Lipinski definition) is 1. The van der Waals surface area contributed by atoms with E-state index < -0.39 is 21.6 Å². The number of nitrogens with one attached hydrogen (secondary N) is 1. The molecule has 0 aliphatic carbocycles. The third-order valence-electron chi connectivity index (χ3n) is 3.32. The van der Waals surface area contributed by atoms with Gasteiger partial charge in [-0.3, -0.25) is 9.59 Å². The van der Waals surface area contributed by atoms with Gasteiger partial charge >= 0.3 is 0 Å². The van der Waals surface area contributed by atoms with E-state index in [9.17, 15) is 22.4 Å². The van der Waals surface area contributed by atoms with E-state index in [0.29, 0.717) is 11.3 Å². The van der Waals surface area contributed by atoms with E-state index in [0.717, 1.165) is 0 Å². The number of halogens is 1. The summed E-state index contributed by atoms with van der Waals surface area (Å²) in [5, 5.41) is 2.50. The second-order valence-corrected chi connectivity index (χ2v) is 7.57. The molecule has 8 heteroatoms. The van der Waals surface area contributed by atoms with E-state index in [-0.39, 0.29) is 23.5 Å². The summed E-state index contributed by atoms with van der Waals surface area (Å²) >= 11 is 0. The highest BCUT2D eigenvalue weighted by Crippen LogP contribution is 2.10. The van der Waals surface area contributed by atoms with Crippen LogP contribution < -0.4 is 10.9 Å². The Morgan fingerprint density at radius 1 is 1.21 bits per heavy atom. The molecule has 0 saturated heterocycles. The summed E-state index contributed by atoms with van der Waals surface area (Å²) in [7, 11) is -1.96. The van der Waals surface area contributed by atoms with Crippen molar-refractivity contribution in [1.29, 1.82) is 0 Å². The maximum absolute atomic E-state index is 12.8. The van der Waals surface area contributed by atoms with Gasteiger partial charge in [-0.15, -0.1) is 0 Å². The SMILES string of the molecule is Cn1ccc(CS(=O)(=O)CCC(=O)Nc2ccc(F)cc2)cc1=O. The minimum atomic E-state index is -3.53. The monoisotopic (exact) mass is 352 g/mol. The second-order valence-electron chi connectivity index (χ2n) is 5.38. The van der Waals surface area contributed by atoms with Crippen LogP contribution in [0.5, 0.6) is 0 Å². The number of aryl methyl sites for hydroxylation is 1. The molecule has 0 fully saturated rings. The first-order valence-corrected chi connectivity index (χ1v) is 8.99. The van der Waals surface area contributed by atoms with Crippen LogP contribution in [0, 0.1) is 5.82 Å². The van der Waals surface area contributed by atoms with E-state index in [1.165, 1.54) is 41.1 Å². The lowest BCUT2D eigenvalue weighted by Crippen LogP contribution is -2.20. The zero-order valence-corrected chi connectivity index (χ0v) is 13.8. The Bertz CT molecular complexity index is 889. The number of pyridine rings is 1. The topological polar surface area (TPSA) is 85.2 Å². The van der Waals surface area contributed by atoms with Crippen molar-refractivity contribution in [1.82, 2.24) is 4.57 Å². The molecule has 1 N–H and O–H groups in total. The van der Waals surface area contributed by atoms with E-state index in [2.05, 4.69) is 5.32 Å². The highest BCUT2D eigenvalue weighted by Gasteiger charge is 2.15. The van der Waals surface area contributed by atoms with E-state index in [1.807, 2.05) is 0 Å². The summed E-state index contributed by atoms with van der Waals surface area (Å²) in [6.45, 7) is 0. The zero-order chi connectivity index (χ0) is 17.7. The summed E-state index contributed by atoms with van der Waals surface area (Å²) in [6, 6.07) is 7.99. The van der Waals surface area contributed by atoms with Crippen LogP contribution in [0.2, 0.25) is 0 Å². The lowest BCUT2D eigenvalue weighted by molar-refractivity contribution is -0.115. The number of sulfone groups is 1. The number of carbonyl (C=O) groups is 1. The molecule has 1 aromatic heterocycles. The summed E-state index contributed by atoms with van der Waals surface area (Å²) in [4.78, 5) is 23.3. The Kier molecular flexibility index (Phi) is 5.50. The largest absolute Gasteiger partial charge is 0.326 e. The minimum Gasteiger partial charge on any atom is -0.326 e. The fourth-order valence-corrected chi connectivity index (χ4v) is 3.34. The number of rotatable bonds is 6. The second kappa shape index (κ2) is 7.39. The van der Waals surface area contributed by atoms with E-state index in [1.54, 1.807) is 13.1 Å². The summed E-state index contributed by atoms with van der Waals surface area (Å²) < 4.78 is 38.2. The lowest BCUT2D eigenvalue weighted by atomic mass is 10.3. The van der Waals surface area contributed by atoms with Crippen LogP contribution in [-0.4, -0.2) is 24.6 Å². The standard InChI is InChI=1S/C16H17FN2O4S/c1-19-8-6-12(10-16(19)21)11-24(22,23)9-7-15(20)18-14-4-2-13(17)3-5-14/h2-6,8,10H,7,9,11H2,1H3,(H,18,20). The van der Waals surface area contributed by atoms with Gasteiger partial charge in [0.25, 0.3) is 5.56 Å². The highest BCUT2D eigenvalue weighted by molar-refractivity contribution is 7.90. The molecule has 0 bridgehead atoms. The van der Waals surface area contributed by atoms with Crippen molar-refractivity contribution >= 4 is 21.4 Å². The van der Waals surface area contributed by atoms with Crippen LogP contribution in [0.1, 0.15) is 12.0 Å². The molecular formula is C16H17FN2O4S. The van der Waals surface area contributed by atoms with Crippen LogP contribution in [0.4, 0.5) is 10.1 Å². The van der Waals surface area contributed by atoms with Crippen molar-refractivity contribution < 1.29 is 17.6 Å². The van der Waals surface area contributed by atoms with Crippen LogP contribution in [-0.2, 0) is 27.4 Å². The van der Waals surface area contributed by atoms with Crippen molar-refractivity contribution in [2.75, 3.05) is 11.1 Å². The molecule has 128 valence electrons. The average Bonchev–Trinajstić information content (AvgIpc) is 2.51. The van der Waals surface area contributed by atoms with Gasteiger partial charge in [0.15, 0.2) is 9.84 Å². The van der Waals surface area contributed by atoms with Crippen molar-refractivity contribution in [3.8, 4) is 0 Å². The first kappa shape index (κ1) is 17.9. The molecule has 0 radical (unpaired) electrons. The smallest absolute Gasteiger partial charge is 0.250 e. The summed E-state index contributed by atoms with van der Waals surface area (Å²) in [5.41, 5.74) is 0.485. The Morgan fingerprint density at radius 2 is 1.88 bits per heavy atom. The van der Waals surface area contributed by atoms with Gasteiger partial charge in [0.05, 0.1) is 11.5 Å². The maximum atomic E-state index is 12.8. The Hall–Kier alpha value is -2.48. The minimum absolute atomic E-state index is 0.218. The molecule has 0 spiro atoms. The molecule has 0 atom stereocenters. The fraction of sp³-hybridized carbons (Fsp3) is 0.250. The number of hydrogen-bond acceptors (Lipinski definition) is 4. The molecule has 24 heavy (non-hydrogen) atoms. The van der Waals surface area contributed by atoms with Crippen LogP contribution in [0.3, 0.4) is 0 Å². The highest BCUT2D eigenvalue weighted by atomic mass is 32.2. The van der Waals surface area contributed by atoms with E-state index >= 15 is 0 Å². The molecular weight excluding hydrogens is 335 g/mol. The Morgan fingerprint density at radius 3 is 2.50 bits per heavy atom. The molecule has 2 rings (SSSR count). The van der Waals surface area contributed by atoms with Crippen molar-refractivity contribution in [2.45, 2.75) is 12.2 Å². The molecule has 2 aromatic rings. The van der Waals surface area contributed by atoms with Crippen LogP contribution in [0.25, 0.3) is 0 Å². The fourth-order valence-electron chi connectivity index (χ4n) is 2.01. The maximum Gasteiger partial charge on any atom is 0.250 e. The molecule has 1 amide bonds. The number of benzene rings is 1. The van der Waals surface area contributed by atoms with Gasteiger partial charge in [-0.1, -0.05) is 0 Å². The van der Waals surface area contributed by atoms with Gasteiger partial charge in [-0.05, 0) is 35.9 Å². The van der Waals surface area contributed by atoms with Gasteiger partial charge in [-0.2, -0.15) is 0 Å². The Balaban J connectivity index is 1.91. The van der Waals surface area contributed by atoms with Gasteiger partial charge in [0.1, 0.15) is 5.82 Å². The van der Waals surface area contributed by atoms with E-state index in [4.69, 9.17) is 0 Å². The third-order valence-corrected chi connectivity index (χ3v) is 4.92. The van der Waals surface area contributed by atoms with Gasteiger partial charge in [-0.25, -0.2) is 12.8 Å². The van der Waals surface area contributed by atoms with Crippen molar-refractivity contribution in [3.63, 3.8) is 0 Å². The van der Waals surface area contributed by atoms with Gasteiger partial charge in [0.2, 0.25) is 5.91 Å². The average molecular weight is 352 g/mol. The number of nitrogens with zero attached hydrogens (tertiary/aromatic N) is 1. The lowest BCUT2D eigenvalue weighted by Gasteiger charge is -2.07. The van der Waals surface area contributed by atoms with Crippen LogP contribution in [0.15, 0.2) is 47.4 Å². The first-order valence-electron chi connectivity index (χ1n) is 7.16.